The number of allylic oxidation sites excluding steroid dienone is 1. The molecule has 0 aliphatic carbocycles. The Hall–Kier alpha value is -2.94. The largest absolute Gasteiger partial charge is 0.460 e. The summed E-state index contributed by atoms with van der Waals surface area (Å²) >= 11 is 11.3. The molecule has 1 atom stereocenters. The van der Waals surface area contributed by atoms with Gasteiger partial charge in [-0.2, -0.15) is 0 Å². The van der Waals surface area contributed by atoms with Gasteiger partial charge >= 0.3 is 5.97 Å². The summed E-state index contributed by atoms with van der Waals surface area (Å²) in [4.78, 5) is 27.0. The molecule has 0 radical (unpaired) electrons. The summed E-state index contributed by atoms with van der Waals surface area (Å²) in [5.74, 6) is -0.683. The Bertz CT molecular complexity index is 1040. The molecule has 2 aromatic rings. The molecule has 9 heteroatoms. The lowest BCUT2D eigenvalue weighted by Gasteiger charge is -2.35. The molecule has 0 spiro atoms. The standard InChI is InChI=1S/C23H24ClN3O4S/c1-14-19(22(29)31-13-12-30-3)20(26-23(32)27(14)2)15-6-10-18(11-7-15)25-21(28)16-4-8-17(24)9-5-16/h4-11,20H,12-13H2,1-3H3,(H,25,28)(H,26,32). The Balaban J connectivity index is 1.80. The van der Waals surface area contributed by atoms with Crippen LogP contribution in [0.1, 0.15) is 28.9 Å². The molecule has 0 saturated carbocycles. The monoisotopic (exact) mass is 473 g/mol. The average molecular weight is 474 g/mol. The molecule has 168 valence electrons. The third kappa shape index (κ3) is 5.45. The van der Waals surface area contributed by atoms with Crippen LogP contribution in [0.15, 0.2) is 59.8 Å². The first-order valence-electron chi connectivity index (χ1n) is 9.89. The molecule has 1 heterocycles. The summed E-state index contributed by atoms with van der Waals surface area (Å²) in [5.41, 5.74) is 3.11. The lowest BCUT2D eigenvalue weighted by molar-refractivity contribution is -0.140. The third-order valence-electron chi connectivity index (χ3n) is 5.10. The summed E-state index contributed by atoms with van der Waals surface area (Å²) in [6.45, 7) is 2.29. The number of benzene rings is 2. The van der Waals surface area contributed by atoms with Gasteiger partial charge in [-0.05, 0) is 61.1 Å². The highest BCUT2D eigenvalue weighted by molar-refractivity contribution is 7.80. The van der Waals surface area contributed by atoms with Crippen molar-refractivity contribution in [2.75, 3.05) is 32.7 Å². The zero-order valence-electron chi connectivity index (χ0n) is 18.0. The van der Waals surface area contributed by atoms with E-state index in [4.69, 9.17) is 33.3 Å². The summed E-state index contributed by atoms with van der Waals surface area (Å²) in [5, 5.41) is 7.11. The number of amides is 1. The highest BCUT2D eigenvalue weighted by Gasteiger charge is 2.33. The maximum Gasteiger partial charge on any atom is 0.338 e. The molecule has 1 unspecified atom stereocenters. The van der Waals surface area contributed by atoms with E-state index in [2.05, 4.69) is 10.6 Å². The van der Waals surface area contributed by atoms with E-state index in [-0.39, 0.29) is 12.5 Å². The van der Waals surface area contributed by atoms with Gasteiger partial charge in [-0.1, -0.05) is 23.7 Å². The fraction of sp³-hybridized carbons (Fsp3) is 0.261. The zero-order chi connectivity index (χ0) is 23.3. The normalized spacial score (nSPS) is 15.9. The number of halogens is 1. The number of methoxy groups -OCH3 is 1. The Labute approximate surface area is 197 Å². The smallest absolute Gasteiger partial charge is 0.338 e. The van der Waals surface area contributed by atoms with Crippen LogP contribution in [0.2, 0.25) is 5.02 Å². The van der Waals surface area contributed by atoms with Gasteiger partial charge < -0.3 is 25.0 Å². The number of thiocarbonyl (C=S) groups is 1. The molecule has 0 bridgehead atoms. The van der Waals surface area contributed by atoms with Crippen molar-refractivity contribution in [1.82, 2.24) is 10.2 Å². The molecule has 0 saturated heterocycles. The van der Waals surface area contributed by atoms with Crippen molar-refractivity contribution in [1.29, 1.82) is 0 Å². The first-order valence-corrected chi connectivity index (χ1v) is 10.7. The first-order chi connectivity index (χ1) is 15.3. The summed E-state index contributed by atoms with van der Waals surface area (Å²) in [6.07, 6.45) is 0. The van der Waals surface area contributed by atoms with Crippen LogP contribution in [0.5, 0.6) is 0 Å². The number of hydrogen-bond donors (Lipinski definition) is 2. The van der Waals surface area contributed by atoms with Crippen molar-refractivity contribution in [2.24, 2.45) is 0 Å². The second-order valence-electron chi connectivity index (χ2n) is 7.15. The van der Waals surface area contributed by atoms with Crippen molar-refractivity contribution < 1.29 is 19.1 Å². The Morgan fingerprint density at radius 3 is 2.41 bits per heavy atom. The fourth-order valence-corrected chi connectivity index (χ4v) is 3.59. The number of esters is 1. The van der Waals surface area contributed by atoms with Gasteiger partial charge in [0, 0.05) is 36.1 Å². The molecular weight excluding hydrogens is 450 g/mol. The fourth-order valence-electron chi connectivity index (χ4n) is 3.21. The van der Waals surface area contributed by atoms with E-state index < -0.39 is 12.0 Å². The van der Waals surface area contributed by atoms with Crippen molar-refractivity contribution in [3.63, 3.8) is 0 Å². The van der Waals surface area contributed by atoms with Crippen LogP contribution < -0.4 is 10.6 Å². The number of hydrogen-bond acceptors (Lipinski definition) is 5. The lowest BCUT2D eigenvalue weighted by atomic mass is 9.95. The van der Waals surface area contributed by atoms with Crippen molar-refractivity contribution in [2.45, 2.75) is 13.0 Å². The van der Waals surface area contributed by atoms with E-state index in [0.717, 1.165) is 5.56 Å². The van der Waals surface area contributed by atoms with E-state index in [1.54, 1.807) is 55.5 Å². The van der Waals surface area contributed by atoms with Crippen LogP contribution in [-0.4, -0.2) is 49.3 Å². The summed E-state index contributed by atoms with van der Waals surface area (Å²) < 4.78 is 10.3. The molecular formula is C23H24ClN3O4S. The molecule has 1 aliphatic heterocycles. The number of carbonyl (C=O) groups excluding carboxylic acids is 2. The van der Waals surface area contributed by atoms with Crippen LogP contribution in [0.3, 0.4) is 0 Å². The van der Waals surface area contributed by atoms with Gasteiger partial charge in [0.15, 0.2) is 5.11 Å². The summed E-state index contributed by atoms with van der Waals surface area (Å²) in [7, 11) is 3.33. The van der Waals surface area contributed by atoms with E-state index in [9.17, 15) is 9.59 Å². The molecule has 1 aliphatic rings. The number of anilines is 1. The SMILES string of the molecule is COCCOC(=O)C1=C(C)N(C)C(=S)NC1c1ccc(NC(=O)c2ccc(Cl)cc2)cc1. The maximum absolute atomic E-state index is 12.8. The Morgan fingerprint density at radius 2 is 1.78 bits per heavy atom. The number of nitrogens with one attached hydrogen (secondary N) is 2. The van der Waals surface area contributed by atoms with Gasteiger partial charge in [0.25, 0.3) is 5.91 Å². The highest BCUT2D eigenvalue weighted by Crippen LogP contribution is 2.31. The minimum atomic E-state index is -0.477. The van der Waals surface area contributed by atoms with Crippen LogP contribution in [-0.2, 0) is 14.3 Å². The predicted molar refractivity (Wildman–Crippen MR) is 128 cm³/mol. The third-order valence-corrected chi connectivity index (χ3v) is 5.75. The average Bonchev–Trinajstić information content (AvgIpc) is 2.78. The quantitative estimate of drug-likeness (QED) is 0.358. The Kier molecular flexibility index (Phi) is 7.84. The van der Waals surface area contributed by atoms with Crippen molar-refractivity contribution >= 4 is 46.5 Å². The topological polar surface area (TPSA) is 79.9 Å². The minimum Gasteiger partial charge on any atom is -0.460 e. The van der Waals surface area contributed by atoms with E-state index >= 15 is 0 Å². The number of ether oxygens (including phenoxy) is 2. The van der Waals surface area contributed by atoms with Gasteiger partial charge in [0.05, 0.1) is 18.2 Å². The van der Waals surface area contributed by atoms with Gasteiger partial charge in [0.1, 0.15) is 6.61 Å². The van der Waals surface area contributed by atoms with Crippen LogP contribution in [0, 0.1) is 0 Å². The first kappa shape index (κ1) is 23.7. The van der Waals surface area contributed by atoms with Crippen LogP contribution >= 0.6 is 23.8 Å². The van der Waals surface area contributed by atoms with Crippen molar-refractivity contribution in [3.8, 4) is 0 Å². The van der Waals surface area contributed by atoms with Crippen LogP contribution in [0.4, 0.5) is 5.69 Å². The number of carbonyl (C=O) groups is 2. The minimum absolute atomic E-state index is 0.155. The van der Waals surface area contributed by atoms with E-state index in [1.807, 2.05) is 19.1 Å². The zero-order valence-corrected chi connectivity index (χ0v) is 19.5. The molecule has 32 heavy (non-hydrogen) atoms. The lowest BCUT2D eigenvalue weighted by Crippen LogP contribution is -2.46. The summed E-state index contributed by atoms with van der Waals surface area (Å²) in [6, 6.07) is 13.4. The van der Waals surface area contributed by atoms with Gasteiger partial charge in [-0.15, -0.1) is 0 Å². The van der Waals surface area contributed by atoms with E-state index in [0.29, 0.717) is 39.3 Å². The predicted octanol–water partition coefficient (Wildman–Crippen LogP) is 3.92. The van der Waals surface area contributed by atoms with Gasteiger partial charge in [0.2, 0.25) is 0 Å². The number of nitrogens with zero attached hydrogens (tertiary/aromatic N) is 1. The molecule has 7 nitrogen and oxygen atoms in total. The molecule has 0 fully saturated rings. The van der Waals surface area contributed by atoms with Crippen LogP contribution in [0.25, 0.3) is 0 Å². The molecule has 2 N–H and O–H groups in total. The molecule has 1 amide bonds. The number of rotatable bonds is 7. The molecule has 0 aromatic heterocycles. The van der Waals surface area contributed by atoms with Gasteiger partial charge in [-0.25, -0.2) is 4.79 Å². The second kappa shape index (κ2) is 10.6. The highest BCUT2D eigenvalue weighted by atomic mass is 35.5. The molecule has 3 rings (SSSR count). The molecule has 2 aromatic carbocycles. The van der Waals surface area contributed by atoms with E-state index in [1.165, 1.54) is 0 Å². The maximum atomic E-state index is 12.8. The van der Waals surface area contributed by atoms with Gasteiger partial charge in [-0.3, -0.25) is 4.79 Å². The second-order valence-corrected chi connectivity index (χ2v) is 7.98. The van der Waals surface area contributed by atoms with Crippen molar-refractivity contribution in [3.05, 3.63) is 76.0 Å². The Morgan fingerprint density at radius 1 is 1.12 bits per heavy atom.